The van der Waals surface area contributed by atoms with Crippen LogP contribution in [-0.4, -0.2) is 23.1 Å². The van der Waals surface area contributed by atoms with Gasteiger partial charge in [-0.3, -0.25) is 4.90 Å². The zero-order chi connectivity index (χ0) is 23.2. The summed E-state index contributed by atoms with van der Waals surface area (Å²) in [5, 5.41) is 0. The highest BCUT2D eigenvalue weighted by Gasteiger charge is 2.44. The van der Waals surface area contributed by atoms with Crippen LogP contribution >= 0.6 is 15.9 Å². The van der Waals surface area contributed by atoms with Gasteiger partial charge in [-0.15, -0.1) is 6.58 Å². The highest BCUT2D eigenvalue weighted by Crippen LogP contribution is 2.47. The number of rotatable bonds is 8. The van der Waals surface area contributed by atoms with Gasteiger partial charge in [0, 0.05) is 18.5 Å². The van der Waals surface area contributed by atoms with E-state index < -0.39 is 10.0 Å². The van der Waals surface area contributed by atoms with Crippen molar-refractivity contribution in [2.24, 2.45) is 0 Å². The third kappa shape index (κ3) is 5.83. The third-order valence-electron chi connectivity index (χ3n) is 5.23. The number of carbonyl (C=O) groups is 1. The minimum absolute atomic E-state index is 0.338. The number of hydrogen-bond donors (Lipinski definition) is 0. The molecule has 1 atom stereocenters. The number of ether oxygens (including phenoxy) is 2. The summed E-state index contributed by atoms with van der Waals surface area (Å²) in [6.45, 7) is 10.5. The monoisotopic (exact) mass is 497 g/mol. The first-order chi connectivity index (χ1) is 15.2. The van der Waals surface area contributed by atoms with Crippen molar-refractivity contribution in [2.45, 2.75) is 56.7 Å². The number of unbranched alkanes of at least 4 members (excludes halogenated alkanes) is 1. The molecule has 2 aromatic rings. The van der Waals surface area contributed by atoms with E-state index in [1.165, 1.54) is 0 Å². The second-order valence-corrected chi connectivity index (χ2v) is 10.2. The van der Waals surface area contributed by atoms with Gasteiger partial charge in [-0.25, -0.2) is 4.79 Å². The Morgan fingerprint density at radius 1 is 1.16 bits per heavy atom. The summed E-state index contributed by atoms with van der Waals surface area (Å²) in [7, 11) is 0. The molecule has 1 amide bonds. The van der Waals surface area contributed by atoms with Gasteiger partial charge in [-0.2, -0.15) is 0 Å². The summed E-state index contributed by atoms with van der Waals surface area (Å²) in [6.07, 6.45) is 5.80. The lowest BCUT2D eigenvalue weighted by Gasteiger charge is -2.43. The van der Waals surface area contributed by atoms with E-state index in [4.69, 9.17) is 9.47 Å². The van der Waals surface area contributed by atoms with Crippen molar-refractivity contribution in [3.05, 3.63) is 90.0 Å². The SMILES string of the molecule is C=CCCCN(C(=O)OC(C)(C)C)C1(Br)CC=C(OCc2ccccc2)c2ccccc21. The first-order valence-electron chi connectivity index (χ1n) is 11.0. The second kappa shape index (κ2) is 10.4. The van der Waals surface area contributed by atoms with Crippen molar-refractivity contribution < 1.29 is 14.3 Å². The molecule has 0 bridgehead atoms. The molecule has 0 aromatic heterocycles. The molecule has 3 rings (SSSR count). The Bertz CT molecular complexity index is 964. The number of amides is 1. The minimum Gasteiger partial charge on any atom is -0.489 e. The number of alkyl halides is 1. The average Bonchev–Trinajstić information content (AvgIpc) is 2.76. The van der Waals surface area contributed by atoms with Crippen LogP contribution in [0.25, 0.3) is 5.76 Å². The molecule has 1 aliphatic carbocycles. The molecule has 0 spiro atoms. The van der Waals surface area contributed by atoms with Gasteiger partial charge in [0.15, 0.2) is 0 Å². The summed E-state index contributed by atoms with van der Waals surface area (Å²) in [4.78, 5) is 15.1. The van der Waals surface area contributed by atoms with E-state index in [9.17, 15) is 4.79 Å². The molecule has 5 heteroatoms. The Kier molecular flexibility index (Phi) is 7.83. The maximum atomic E-state index is 13.3. The summed E-state index contributed by atoms with van der Waals surface area (Å²) in [6, 6.07) is 18.2. The van der Waals surface area contributed by atoms with E-state index in [-0.39, 0.29) is 6.09 Å². The fourth-order valence-electron chi connectivity index (χ4n) is 3.73. The van der Waals surface area contributed by atoms with E-state index in [1.807, 2.05) is 81.4 Å². The van der Waals surface area contributed by atoms with Crippen LogP contribution in [0.15, 0.2) is 73.3 Å². The van der Waals surface area contributed by atoms with Gasteiger partial charge in [0.05, 0.1) is 0 Å². The zero-order valence-electron chi connectivity index (χ0n) is 19.1. The highest BCUT2D eigenvalue weighted by atomic mass is 79.9. The topological polar surface area (TPSA) is 38.8 Å². The molecule has 0 aliphatic heterocycles. The number of halogens is 1. The smallest absolute Gasteiger partial charge is 0.411 e. The quantitative estimate of drug-likeness (QED) is 0.165. The second-order valence-electron chi connectivity index (χ2n) is 8.91. The van der Waals surface area contributed by atoms with Gasteiger partial charge in [0.1, 0.15) is 22.4 Å². The Balaban J connectivity index is 1.91. The molecule has 170 valence electrons. The number of fused-ring (bicyclic) bond motifs is 1. The summed E-state index contributed by atoms with van der Waals surface area (Å²) in [5.41, 5.74) is 2.51. The predicted molar refractivity (Wildman–Crippen MR) is 133 cm³/mol. The van der Waals surface area contributed by atoms with Gasteiger partial charge >= 0.3 is 6.09 Å². The van der Waals surface area contributed by atoms with Gasteiger partial charge in [-0.1, -0.05) is 76.6 Å². The van der Waals surface area contributed by atoms with Crippen molar-refractivity contribution in [1.82, 2.24) is 4.90 Å². The van der Waals surface area contributed by atoms with Crippen LogP contribution in [0.5, 0.6) is 0 Å². The van der Waals surface area contributed by atoms with Crippen molar-refractivity contribution in [3.8, 4) is 0 Å². The van der Waals surface area contributed by atoms with E-state index in [0.29, 0.717) is 19.6 Å². The van der Waals surface area contributed by atoms with Crippen molar-refractivity contribution in [3.63, 3.8) is 0 Å². The van der Waals surface area contributed by atoms with Crippen LogP contribution in [0.4, 0.5) is 4.79 Å². The van der Waals surface area contributed by atoms with Crippen LogP contribution < -0.4 is 0 Å². The Morgan fingerprint density at radius 3 is 2.53 bits per heavy atom. The molecule has 4 nitrogen and oxygen atoms in total. The fourth-order valence-corrected chi connectivity index (χ4v) is 4.56. The van der Waals surface area contributed by atoms with Crippen molar-refractivity contribution in [1.29, 1.82) is 0 Å². The lowest BCUT2D eigenvalue weighted by atomic mass is 9.90. The van der Waals surface area contributed by atoms with Crippen LogP contribution in [0.2, 0.25) is 0 Å². The normalized spacial score (nSPS) is 17.7. The summed E-state index contributed by atoms with van der Waals surface area (Å²) < 4.78 is 11.3. The minimum atomic E-state index is -0.716. The first-order valence-corrected chi connectivity index (χ1v) is 11.8. The van der Waals surface area contributed by atoms with Crippen LogP contribution in [-0.2, 0) is 20.5 Å². The van der Waals surface area contributed by atoms with E-state index in [1.54, 1.807) is 4.90 Å². The molecule has 0 fully saturated rings. The molecular weight excluding hydrogens is 466 g/mol. The molecular formula is C27H32BrNO3. The number of nitrogens with zero attached hydrogens (tertiary/aromatic N) is 1. The lowest BCUT2D eigenvalue weighted by Crippen LogP contribution is -2.49. The molecule has 0 N–H and O–H groups in total. The van der Waals surface area contributed by atoms with Crippen molar-refractivity contribution in [2.75, 3.05) is 6.54 Å². The maximum absolute atomic E-state index is 13.3. The fraction of sp³-hybridized carbons (Fsp3) is 0.370. The first kappa shape index (κ1) is 24.1. The van der Waals surface area contributed by atoms with Gasteiger partial charge in [-0.05, 0) is 50.8 Å². The highest BCUT2D eigenvalue weighted by molar-refractivity contribution is 9.09. The van der Waals surface area contributed by atoms with Gasteiger partial charge < -0.3 is 9.47 Å². The van der Waals surface area contributed by atoms with Gasteiger partial charge in [0.2, 0.25) is 0 Å². The van der Waals surface area contributed by atoms with E-state index in [2.05, 4.69) is 28.6 Å². The van der Waals surface area contributed by atoms with E-state index in [0.717, 1.165) is 35.3 Å². The van der Waals surface area contributed by atoms with Crippen LogP contribution in [0, 0.1) is 0 Å². The predicted octanol–water partition coefficient (Wildman–Crippen LogP) is 7.40. The third-order valence-corrected chi connectivity index (χ3v) is 6.41. The number of hydrogen-bond acceptors (Lipinski definition) is 3. The average molecular weight is 498 g/mol. The molecule has 32 heavy (non-hydrogen) atoms. The molecule has 1 aliphatic rings. The Labute approximate surface area is 200 Å². The molecule has 0 radical (unpaired) electrons. The number of benzene rings is 2. The van der Waals surface area contributed by atoms with Crippen LogP contribution in [0.1, 0.15) is 56.7 Å². The summed E-state index contributed by atoms with van der Waals surface area (Å²) in [5.74, 6) is 0.828. The number of carbonyl (C=O) groups excluding carboxylic acids is 1. The molecule has 1 unspecified atom stereocenters. The Hall–Kier alpha value is -2.53. The van der Waals surface area contributed by atoms with Gasteiger partial charge in [0.25, 0.3) is 0 Å². The molecule has 2 aromatic carbocycles. The summed E-state index contributed by atoms with van der Waals surface area (Å²) >= 11 is 3.94. The molecule has 0 saturated heterocycles. The lowest BCUT2D eigenvalue weighted by molar-refractivity contribution is 0.0117. The Morgan fingerprint density at radius 2 is 1.84 bits per heavy atom. The van der Waals surface area contributed by atoms with Crippen molar-refractivity contribution >= 4 is 27.8 Å². The van der Waals surface area contributed by atoms with Crippen LogP contribution in [0.3, 0.4) is 0 Å². The molecule has 0 heterocycles. The van der Waals surface area contributed by atoms with E-state index >= 15 is 0 Å². The maximum Gasteiger partial charge on any atom is 0.411 e. The largest absolute Gasteiger partial charge is 0.489 e. The molecule has 0 saturated carbocycles. The zero-order valence-corrected chi connectivity index (χ0v) is 20.7. The number of allylic oxidation sites excluding steroid dienone is 1. The standard InChI is InChI=1S/C27H32BrNO3/c1-5-6-12-19-29(25(30)32-26(2,3)4)27(28)18-17-24(22-15-10-11-16-23(22)27)31-20-21-13-8-7-9-14-21/h5,7-11,13-17H,1,6,12,18-20H2,2-4H3.